The number of rotatable bonds is 5. The second-order valence-corrected chi connectivity index (χ2v) is 5.67. The molecule has 0 aliphatic rings. The maximum Gasteiger partial charge on any atom is 0.229 e. The van der Waals surface area contributed by atoms with Gasteiger partial charge in [-0.25, -0.2) is 9.37 Å². The Balaban J connectivity index is 1.70. The fraction of sp³-hybridized carbons (Fsp3) is 0.0588. The molecule has 3 rings (SSSR count). The smallest absolute Gasteiger partial charge is 0.229 e. The van der Waals surface area contributed by atoms with Crippen molar-refractivity contribution in [2.24, 2.45) is 0 Å². The number of hydrogen-bond donors (Lipinski definition) is 2. The minimum atomic E-state index is -0.236. The van der Waals surface area contributed by atoms with Crippen LogP contribution in [0.1, 0.15) is 5.56 Å². The zero-order chi connectivity index (χ0) is 16.1. The predicted octanol–water partition coefficient (Wildman–Crippen LogP) is 4.73. The van der Waals surface area contributed by atoms with Crippen LogP contribution in [-0.4, -0.2) is 9.97 Å². The third-order valence-electron chi connectivity index (χ3n) is 3.19. The molecule has 4 nitrogen and oxygen atoms in total. The molecule has 0 saturated heterocycles. The monoisotopic (exact) mass is 372 g/mol. The Kier molecular flexibility index (Phi) is 4.83. The lowest BCUT2D eigenvalue weighted by Crippen LogP contribution is -2.05. The second kappa shape index (κ2) is 7.19. The first-order valence-corrected chi connectivity index (χ1v) is 7.83. The molecular formula is C17H14BrFN4. The summed E-state index contributed by atoms with van der Waals surface area (Å²) < 4.78 is 14.5. The van der Waals surface area contributed by atoms with Crippen molar-refractivity contribution in [3.8, 4) is 0 Å². The fourth-order valence-electron chi connectivity index (χ4n) is 2.03. The van der Waals surface area contributed by atoms with Crippen LogP contribution >= 0.6 is 15.9 Å². The van der Waals surface area contributed by atoms with E-state index in [2.05, 4.69) is 36.5 Å². The van der Waals surface area contributed by atoms with Crippen LogP contribution in [0, 0.1) is 5.82 Å². The van der Waals surface area contributed by atoms with Crippen LogP contribution in [0.2, 0.25) is 0 Å². The molecule has 0 saturated carbocycles. The maximum absolute atomic E-state index is 13.6. The van der Waals surface area contributed by atoms with E-state index >= 15 is 0 Å². The molecule has 116 valence electrons. The van der Waals surface area contributed by atoms with Gasteiger partial charge in [-0.1, -0.05) is 30.3 Å². The van der Waals surface area contributed by atoms with Crippen LogP contribution in [-0.2, 0) is 6.54 Å². The van der Waals surface area contributed by atoms with Gasteiger partial charge in [-0.2, -0.15) is 4.98 Å². The first-order valence-electron chi connectivity index (χ1n) is 7.04. The van der Waals surface area contributed by atoms with Crippen molar-refractivity contribution >= 4 is 33.4 Å². The Morgan fingerprint density at radius 2 is 1.78 bits per heavy atom. The van der Waals surface area contributed by atoms with Crippen molar-refractivity contribution in [2.75, 3.05) is 10.6 Å². The van der Waals surface area contributed by atoms with Gasteiger partial charge in [0.05, 0.1) is 5.69 Å². The number of anilines is 3. The summed E-state index contributed by atoms with van der Waals surface area (Å²) in [5, 5.41) is 6.24. The molecule has 0 atom stereocenters. The highest BCUT2D eigenvalue weighted by Crippen LogP contribution is 2.24. The molecule has 2 N–H and O–H groups in total. The molecule has 0 aliphatic heterocycles. The molecule has 0 aliphatic carbocycles. The first kappa shape index (κ1) is 15.4. The number of benzene rings is 2. The molecule has 0 spiro atoms. The van der Waals surface area contributed by atoms with Gasteiger partial charge in [0.15, 0.2) is 0 Å². The molecule has 23 heavy (non-hydrogen) atoms. The number of aromatic nitrogens is 2. The third kappa shape index (κ3) is 4.04. The lowest BCUT2D eigenvalue weighted by atomic mass is 10.2. The van der Waals surface area contributed by atoms with Crippen molar-refractivity contribution in [1.29, 1.82) is 0 Å². The minimum absolute atomic E-state index is 0.236. The number of halogens is 2. The molecule has 0 amide bonds. The van der Waals surface area contributed by atoms with Gasteiger partial charge in [-0.15, -0.1) is 0 Å². The van der Waals surface area contributed by atoms with Crippen molar-refractivity contribution in [3.63, 3.8) is 0 Å². The van der Waals surface area contributed by atoms with Gasteiger partial charge in [0.2, 0.25) is 5.95 Å². The van der Waals surface area contributed by atoms with Crippen LogP contribution in [0.4, 0.5) is 21.8 Å². The van der Waals surface area contributed by atoms with E-state index in [1.165, 1.54) is 6.07 Å². The molecule has 0 bridgehead atoms. The summed E-state index contributed by atoms with van der Waals surface area (Å²) in [4.78, 5) is 8.57. The molecule has 0 fully saturated rings. The average molecular weight is 373 g/mol. The van der Waals surface area contributed by atoms with Gasteiger partial charge < -0.3 is 10.6 Å². The van der Waals surface area contributed by atoms with Gasteiger partial charge in [-0.3, -0.25) is 0 Å². The molecule has 3 aromatic rings. The van der Waals surface area contributed by atoms with Gasteiger partial charge in [0, 0.05) is 22.8 Å². The minimum Gasteiger partial charge on any atom is -0.366 e. The molecule has 0 radical (unpaired) electrons. The fourth-order valence-corrected chi connectivity index (χ4v) is 2.41. The van der Waals surface area contributed by atoms with E-state index in [1.54, 1.807) is 30.5 Å². The quantitative estimate of drug-likeness (QED) is 0.679. The highest BCUT2D eigenvalue weighted by molar-refractivity contribution is 9.10. The van der Waals surface area contributed by atoms with E-state index in [1.807, 2.05) is 24.3 Å². The molecule has 6 heteroatoms. The van der Waals surface area contributed by atoms with E-state index in [-0.39, 0.29) is 5.82 Å². The normalized spacial score (nSPS) is 10.3. The Bertz CT molecular complexity index is 810. The number of hydrogen-bond acceptors (Lipinski definition) is 4. The average Bonchev–Trinajstić information content (AvgIpc) is 2.57. The largest absolute Gasteiger partial charge is 0.366 e. The summed E-state index contributed by atoms with van der Waals surface area (Å²) >= 11 is 3.47. The van der Waals surface area contributed by atoms with E-state index < -0.39 is 0 Å². The van der Waals surface area contributed by atoms with Crippen LogP contribution in [0.25, 0.3) is 0 Å². The van der Waals surface area contributed by atoms with E-state index in [4.69, 9.17) is 0 Å². The van der Waals surface area contributed by atoms with Crippen LogP contribution < -0.4 is 10.6 Å². The summed E-state index contributed by atoms with van der Waals surface area (Å²) in [5.41, 5.74) is 1.46. The third-order valence-corrected chi connectivity index (χ3v) is 3.89. The number of nitrogens with zero attached hydrogens (tertiary/aromatic N) is 2. The second-order valence-electron chi connectivity index (χ2n) is 4.82. The topological polar surface area (TPSA) is 49.8 Å². The lowest BCUT2D eigenvalue weighted by molar-refractivity contribution is 0.613. The Morgan fingerprint density at radius 1 is 1.00 bits per heavy atom. The number of para-hydroxylation sites is 1. The SMILES string of the molecule is Fc1ccccc1CNc1ccnc(Nc2ccccc2Br)n1. The zero-order valence-corrected chi connectivity index (χ0v) is 13.7. The summed E-state index contributed by atoms with van der Waals surface area (Å²) in [6.07, 6.45) is 1.65. The molecule has 1 aromatic heterocycles. The predicted molar refractivity (Wildman–Crippen MR) is 93.2 cm³/mol. The van der Waals surface area contributed by atoms with Crippen LogP contribution in [0.5, 0.6) is 0 Å². The summed E-state index contributed by atoms with van der Waals surface area (Å²) in [7, 11) is 0. The Morgan fingerprint density at radius 3 is 2.61 bits per heavy atom. The van der Waals surface area contributed by atoms with Crippen molar-refractivity contribution in [2.45, 2.75) is 6.54 Å². The van der Waals surface area contributed by atoms with E-state index in [0.29, 0.717) is 23.9 Å². The molecule has 0 unspecified atom stereocenters. The molecular weight excluding hydrogens is 359 g/mol. The van der Waals surface area contributed by atoms with Gasteiger partial charge >= 0.3 is 0 Å². The number of nitrogens with one attached hydrogen (secondary N) is 2. The zero-order valence-electron chi connectivity index (χ0n) is 12.1. The highest BCUT2D eigenvalue weighted by atomic mass is 79.9. The maximum atomic E-state index is 13.6. The van der Waals surface area contributed by atoms with E-state index in [0.717, 1.165) is 10.2 Å². The van der Waals surface area contributed by atoms with Gasteiger partial charge in [0.1, 0.15) is 11.6 Å². The molecule has 2 aromatic carbocycles. The van der Waals surface area contributed by atoms with E-state index in [9.17, 15) is 4.39 Å². The Labute approximate surface area is 141 Å². The lowest BCUT2D eigenvalue weighted by Gasteiger charge is -2.10. The Hall–Kier alpha value is -2.47. The van der Waals surface area contributed by atoms with Crippen LogP contribution in [0.3, 0.4) is 0 Å². The summed E-state index contributed by atoms with van der Waals surface area (Å²) in [5.74, 6) is 0.855. The molecule has 1 heterocycles. The van der Waals surface area contributed by atoms with Crippen LogP contribution in [0.15, 0.2) is 65.3 Å². The van der Waals surface area contributed by atoms with Gasteiger partial charge in [-0.05, 0) is 40.2 Å². The highest BCUT2D eigenvalue weighted by Gasteiger charge is 2.04. The van der Waals surface area contributed by atoms with Gasteiger partial charge in [0.25, 0.3) is 0 Å². The van der Waals surface area contributed by atoms with Crippen molar-refractivity contribution < 1.29 is 4.39 Å². The van der Waals surface area contributed by atoms with Crippen molar-refractivity contribution in [3.05, 3.63) is 76.6 Å². The van der Waals surface area contributed by atoms with Crippen molar-refractivity contribution in [1.82, 2.24) is 9.97 Å². The summed E-state index contributed by atoms with van der Waals surface area (Å²) in [6, 6.07) is 16.1. The first-order chi connectivity index (χ1) is 11.2. The standard InChI is InChI=1S/C17H14BrFN4/c18-13-6-2-4-8-15(13)22-17-20-10-9-16(23-17)21-11-12-5-1-3-7-14(12)19/h1-10H,11H2,(H2,20,21,22,23). The summed E-state index contributed by atoms with van der Waals surface area (Å²) in [6.45, 7) is 0.359.